The summed E-state index contributed by atoms with van der Waals surface area (Å²) in [5.74, 6) is 1.35. The van der Waals surface area contributed by atoms with E-state index in [4.69, 9.17) is 0 Å². The SMILES string of the molecule is CCNC(Cc1sccc1Br)C1CCCCS1. The van der Waals surface area contributed by atoms with Gasteiger partial charge in [0.25, 0.3) is 0 Å². The number of thiophene rings is 1. The lowest BCUT2D eigenvalue weighted by molar-refractivity contribution is 0.474. The molecule has 2 unspecified atom stereocenters. The number of rotatable bonds is 5. The Morgan fingerprint density at radius 2 is 2.41 bits per heavy atom. The van der Waals surface area contributed by atoms with E-state index >= 15 is 0 Å². The maximum atomic E-state index is 3.68. The molecule has 17 heavy (non-hydrogen) atoms. The van der Waals surface area contributed by atoms with Gasteiger partial charge in [0.1, 0.15) is 0 Å². The van der Waals surface area contributed by atoms with Crippen LogP contribution in [0, 0.1) is 0 Å². The van der Waals surface area contributed by atoms with Crippen molar-refractivity contribution in [3.63, 3.8) is 0 Å². The number of halogens is 1. The lowest BCUT2D eigenvalue weighted by atomic mass is 10.0. The van der Waals surface area contributed by atoms with E-state index in [2.05, 4.69) is 51.4 Å². The summed E-state index contributed by atoms with van der Waals surface area (Å²) in [7, 11) is 0. The van der Waals surface area contributed by atoms with Crippen LogP contribution in [0.5, 0.6) is 0 Å². The molecule has 1 aromatic rings. The van der Waals surface area contributed by atoms with Gasteiger partial charge in [-0.05, 0) is 58.9 Å². The third-order valence-corrected chi connectivity index (χ3v) is 6.69. The predicted molar refractivity (Wildman–Crippen MR) is 83.3 cm³/mol. The lowest BCUT2D eigenvalue weighted by Gasteiger charge is -2.30. The Labute approximate surface area is 121 Å². The molecule has 1 N–H and O–H groups in total. The minimum absolute atomic E-state index is 0.639. The first-order chi connectivity index (χ1) is 8.31. The molecule has 0 spiro atoms. The van der Waals surface area contributed by atoms with Crippen LogP contribution in [0.3, 0.4) is 0 Å². The highest BCUT2D eigenvalue weighted by Gasteiger charge is 2.24. The zero-order valence-corrected chi connectivity index (χ0v) is 13.5. The van der Waals surface area contributed by atoms with E-state index in [0.29, 0.717) is 6.04 Å². The summed E-state index contributed by atoms with van der Waals surface area (Å²) in [6.07, 6.45) is 5.36. The average Bonchev–Trinajstić information content (AvgIpc) is 2.76. The molecule has 1 aliphatic heterocycles. The Balaban J connectivity index is 1.98. The van der Waals surface area contributed by atoms with Gasteiger partial charge in [0.05, 0.1) is 0 Å². The molecule has 1 aliphatic rings. The van der Waals surface area contributed by atoms with Crippen molar-refractivity contribution in [1.29, 1.82) is 0 Å². The summed E-state index contributed by atoms with van der Waals surface area (Å²) < 4.78 is 1.28. The first-order valence-electron chi connectivity index (χ1n) is 6.38. The van der Waals surface area contributed by atoms with Crippen LogP contribution in [-0.2, 0) is 6.42 Å². The van der Waals surface area contributed by atoms with Gasteiger partial charge in [-0.1, -0.05) is 13.3 Å². The summed E-state index contributed by atoms with van der Waals surface area (Å²) in [4.78, 5) is 1.49. The Morgan fingerprint density at radius 3 is 3.00 bits per heavy atom. The van der Waals surface area contributed by atoms with Gasteiger partial charge in [0.15, 0.2) is 0 Å². The van der Waals surface area contributed by atoms with E-state index in [1.54, 1.807) is 0 Å². The molecule has 1 fully saturated rings. The lowest BCUT2D eigenvalue weighted by Crippen LogP contribution is -2.40. The third kappa shape index (κ3) is 3.98. The highest BCUT2D eigenvalue weighted by atomic mass is 79.9. The monoisotopic (exact) mass is 333 g/mol. The number of hydrogen-bond acceptors (Lipinski definition) is 3. The van der Waals surface area contributed by atoms with Crippen molar-refractivity contribution in [1.82, 2.24) is 5.32 Å². The summed E-state index contributed by atoms with van der Waals surface area (Å²) in [5.41, 5.74) is 0. The van der Waals surface area contributed by atoms with Crippen LogP contribution in [-0.4, -0.2) is 23.6 Å². The summed E-state index contributed by atoms with van der Waals surface area (Å²) in [6.45, 7) is 3.29. The molecular weight excluding hydrogens is 314 g/mol. The Hall–Kier alpha value is 0.490. The Bertz CT molecular complexity index is 334. The molecule has 0 aromatic carbocycles. The van der Waals surface area contributed by atoms with E-state index in [-0.39, 0.29) is 0 Å². The van der Waals surface area contributed by atoms with Gasteiger partial charge in [-0.15, -0.1) is 11.3 Å². The van der Waals surface area contributed by atoms with Crippen molar-refractivity contribution < 1.29 is 0 Å². The molecule has 0 saturated carbocycles. The largest absolute Gasteiger partial charge is 0.313 e. The molecule has 96 valence electrons. The molecule has 0 amide bonds. The van der Waals surface area contributed by atoms with Crippen LogP contribution in [0.2, 0.25) is 0 Å². The normalized spacial score (nSPS) is 22.6. The maximum absolute atomic E-state index is 3.68. The van der Waals surface area contributed by atoms with Crippen LogP contribution in [0.15, 0.2) is 15.9 Å². The van der Waals surface area contributed by atoms with Crippen molar-refractivity contribution in [2.75, 3.05) is 12.3 Å². The van der Waals surface area contributed by atoms with Gasteiger partial charge in [0.2, 0.25) is 0 Å². The van der Waals surface area contributed by atoms with Crippen LogP contribution >= 0.6 is 39.0 Å². The van der Waals surface area contributed by atoms with E-state index in [9.17, 15) is 0 Å². The molecule has 1 saturated heterocycles. The van der Waals surface area contributed by atoms with Crippen LogP contribution < -0.4 is 5.32 Å². The fourth-order valence-electron chi connectivity index (χ4n) is 2.35. The molecule has 2 heterocycles. The molecule has 2 rings (SSSR count). The highest BCUT2D eigenvalue weighted by molar-refractivity contribution is 9.10. The van der Waals surface area contributed by atoms with E-state index < -0.39 is 0 Å². The average molecular weight is 334 g/mol. The fraction of sp³-hybridized carbons (Fsp3) is 0.692. The maximum Gasteiger partial charge on any atom is 0.0314 e. The van der Waals surface area contributed by atoms with Gasteiger partial charge in [-0.3, -0.25) is 0 Å². The van der Waals surface area contributed by atoms with Crippen molar-refractivity contribution >= 4 is 39.0 Å². The van der Waals surface area contributed by atoms with Gasteiger partial charge in [-0.25, -0.2) is 0 Å². The van der Waals surface area contributed by atoms with Crippen molar-refractivity contribution in [3.05, 3.63) is 20.8 Å². The third-order valence-electron chi connectivity index (χ3n) is 3.23. The minimum atomic E-state index is 0.639. The number of hydrogen-bond donors (Lipinski definition) is 1. The second-order valence-electron chi connectivity index (χ2n) is 4.47. The topological polar surface area (TPSA) is 12.0 Å². The highest BCUT2D eigenvalue weighted by Crippen LogP contribution is 2.31. The van der Waals surface area contributed by atoms with Gasteiger partial charge in [0, 0.05) is 20.6 Å². The van der Waals surface area contributed by atoms with Crippen molar-refractivity contribution in [3.8, 4) is 0 Å². The summed E-state index contributed by atoms with van der Waals surface area (Å²) in [5, 5.41) is 6.66. The van der Waals surface area contributed by atoms with Crippen molar-refractivity contribution in [2.24, 2.45) is 0 Å². The van der Waals surface area contributed by atoms with Gasteiger partial charge < -0.3 is 5.32 Å². The van der Waals surface area contributed by atoms with Gasteiger partial charge >= 0.3 is 0 Å². The van der Waals surface area contributed by atoms with Crippen LogP contribution in [0.4, 0.5) is 0 Å². The standard InChI is InChI=1S/C13H20BrNS2/c1-2-15-11(12-5-3-4-7-16-12)9-13-10(14)6-8-17-13/h6,8,11-12,15H,2-5,7,9H2,1H3. The number of nitrogens with one attached hydrogen (secondary N) is 1. The molecule has 0 bridgehead atoms. The van der Waals surface area contributed by atoms with Crippen LogP contribution in [0.1, 0.15) is 31.1 Å². The molecule has 1 nitrogen and oxygen atoms in total. The Kier molecular flexibility index (Phi) is 5.87. The summed E-state index contributed by atoms with van der Waals surface area (Å²) >= 11 is 7.68. The first kappa shape index (κ1) is 13.9. The predicted octanol–water partition coefficient (Wildman–Crippen LogP) is 4.32. The molecule has 4 heteroatoms. The van der Waals surface area contributed by atoms with Crippen molar-refractivity contribution in [2.45, 2.75) is 43.9 Å². The second kappa shape index (κ2) is 7.17. The van der Waals surface area contributed by atoms with E-state index in [1.807, 2.05) is 11.3 Å². The molecule has 1 aromatic heterocycles. The van der Waals surface area contributed by atoms with E-state index in [1.165, 1.54) is 40.8 Å². The zero-order chi connectivity index (χ0) is 12.1. The molecule has 2 atom stereocenters. The molecule has 0 aliphatic carbocycles. The summed E-state index contributed by atoms with van der Waals surface area (Å²) in [6, 6.07) is 2.80. The van der Waals surface area contributed by atoms with E-state index in [0.717, 1.165) is 11.8 Å². The Morgan fingerprint density at radius 1 is 1.53 bits per heavy atom. The quantitative estimate of drug-likeness (QED) is 0.861. The minimum Gasteiger partial charge on any atom is -0.313 e. The fourth-order valence-corrected chi connectivity index (χ4v) is 5.36. The first-order valence-corrected chi connectivity index (χ1v) is 9.10. The smallest absolute Gasteiger partial charge is 0.0314 e. The molecular formula is C13H20BrNS2. The zero-order valence-electron chi connectivity index (χ0n) is 10.2. The number of likely N-dealkylation sites (N-methyl/N-ethyl adjacent to an activating group) is 1. The number of thioether (sulfide) groups is 1. The van der Waals surface area contributed by atoms with Gasteiger partial charge in [-0.2, -0.15) is 11.8 Å². The second-order valence-corrected chi connectivity index (χ2v) is 7.67. The molecule has 0 radical (unpaired) electrons. The van der Waals surface area contributed by atoms with Crippen LogP contribution in [0.25, 0.3) is 0 Å².